The van der Waals surface area contributed by atoms with E-state index in [1.807, 2.05) is 30.3 Å². The normalized spacial score (nSPS) is 17.4. The number of carbonyl (C=O) groups is 1. The van der Waals surface area contributed by atoms with E-state index >= 15 is 0 Å². The molecule has 1 saturated heterocycles. The summed E-state index contributed by atoms with van der Waals surface area (Å²) >= 11 is 12.0. The zero-order valence-electron chi connectivity index (χ0n) is 17.1. The number of rotatable bonds is 9. The van der Waals surface area contributed by atoms with Crippen molar-refractivity contribution < 1.29 is 17.9 Å². The highest BCUT2D eigenvalue weighted by Gasteiger charge is 2.32. The summed E-state index contributed by atoms with van der Waals surface area (Å²) in [5, 5.41) is 3.62. The number of ether oxygens (including phenoxy) is 1. The van der Waals surface area contributed by atoms with E-state index in [9.17, 15) is 13.2 Å². The van der Waals surface area contributed by atoms with Gasteiger partial charge in [-0.15, -0.1) is 0 Å². The minimum absolute atomic E-state index is 0.146. The molecule has 2 aromatic carbocycles. The quantitative estimate of drug-likeness (QED) is 0.548. The Morgan fingerprint density at radius 1 is 1.16 bits per heavy atom. The van der Waals surface area contributed by atoms with Crippen LogP contribution in [0.5, 0.6) is 0 Å². The van der Waals surface area contributed by atoms with Crippen molar-refractivity contribution in [3.8, 4) is 0 Å². The van der Waals surface area contributed by atoms with Crippen LogP contribution < -0.4 is 5.32 Å². The topological polar surface area (TPSA) is 75.7 Å². The van der Waals surface area contributed by atoms with E-state index in [0.29, 0.717) is 54.8 Å². The molecule has 0 saturated carbocycles. The molecule has 9 heteroatoms. The van der Waals surface area contributed by atoms with Gasteiger partial charge < -0.3 is 10.1 Å². The van der Waals surface area contributed by atoms with Crippen LogP contribution in [-0.2, 0) is 31.9 Å². The van der Waals surface area contributed by atoms with Gasteiger partial charge in [-0.2, -0.15) is 0 Å². The van der Waals surface area contributed by atoms with Gasteiger partial charge in [0.2, 0.25) is 15.9 Å². The molecule has 2 aromatic rings. The molecule has 0 aromatic heterocycles. The Labute approximate surface area is 193 Å². The maximum absolute atomic E-state index is 12.9. The molecule has 1 heterocycles. The molecule has 3 rings (SSSR count). The van der Waals surface area contributed by atoms with Crippen LogP contribution in [0.4, 0.5) is 0 Å². The Bertz CT molecular complexity index is 986. The number of nitrogens with one attached hydrogen (secondary N) is 1. The SMILES string of the molecule is O=C(NCCOCc1ccccc1)[C@H]1CCCN(S(=O)(=O)Cc2ccc(Cl)cc2Cl)C1. The van der Waals surface area contributed by atoms with Crippen molar-refractivity contribution >= 4 is 39.1 Å². The van der Waals surface area contributed by atoms with Crippen molar-refractivity contribution in [1.29, 1.82) is 0 Å². The first-order valence-electron chi connectivity index (χ1n) is 10.2. The smallest absolute Gasteiger partial charge is 0.224 e. The van der Waals surface area contributed by atoms with Gasteiger partial charge in [0.15, 0.2) is 0 Å². The molecule has 0 unspecified atom stereocenters. The molecular formula is C22H26Cl2N2O4S. The van der Waals surface area contributed by atoms with Crippen LogP contribution in [0.3, 0.4) is 0 Å². The summed E-state index contributed by atoms with van der Waals surface area (Å²) in [5.74, 6) is -0.740. The number of carbonyl (C=O) groups excluding carboxylic acids is 1. The molecule has 1 aliphatic rings. The second-order valence-electron chi connectivity index (χ2n) is 7.52. The highest BCUT2D eigenvalue weighted by Crippen LogP contribution is 2.26. The lowest BCUT2D eigenvalue weighted by atomic mass is 9.99. The average Bonchev–Trinajstić information content (AvgIpc) is 2.76. The van der Waals surface area contributed by atoms with Crippen LogP contribution in [0, 0.1) is 5.92 Å². The third-order valence-electron chi connectivity index (χ3n) is 5.16. The summed E-state index contributed by atoms with van der Waals surface area (Å²) in [6, 6.07) is 14.6. The maximum atomic E-state index is 12.9. The largest absolute Gasteiger partial charge is 0.375 e. The number of nitrogens with zero attached hydrogens (tertiary/aromatic N) is 1. The molecule has 1 atom stereocenters. The molecule has 31 heavy (non-hydrogen) atoms. The van der Waals surface area contributed by atoms with Crippen LogP contribution >= 0.6 is 23.2 Å². The van der Waals surface area contributed by atoms with E-state index in [1.54, 1.807) is 12.1 Å². The summed E-state index contributed by atoms with van der Waals surface area (Å²) < 4.78 is 32.7. The molecule has 0 bridgehead atoms. The molecule has 1 fully saturated rings. The molecule has 0 radical (unpaired) electrons. The summed E-state index contributed by atoms with van der Waals surface area (Å²) in [4.78, 5) is 12.5. The Morgan fingerprint density at radius 2 is 1.94 bits per heavy atom. The first-order chi connectivity index (χ1) is 14.8. The average molecular weight is 485 g/mol. The van der Waals surface area contributed by atoms with Crippen LogP contribution in [-0.4, -0.2) is 44.9 Å². The summed E-state index contributed by atoms with van der Waals surface area (Å²) in [6.45, 7) is 1.83. The molecule has 1 amide bonds. The molecule has 168 valence electrons. The number of hydrogen-bond acceptors (Lipinski definition) is 4. The minimum atomic E-state index is -3.60. The van der Waals surface area contributed by atoms with Gasteiger partial charge in [0.25, 0.3) is 0 Å². The number of piperidine rings is 1. The van der Waals surface area contributed by atoms with Gasteiger partial charge >= 0.3 is 0 Å². The zero-order valence-corrected chi connectivity index (χ0v) is 19.4. The van der Waals surface area contributed by atoms with E-state index in [2.05, 4.69) is 5.32 Å². The Hall–Kier alpha value is -1.64. The highest BCUT2D eigenvalue weighted by atomic mass is 35.5. The van der Waals surface area contributed by atoms with Crippen molar-refractivity contribution in [2.75, 3.05) is 26.2 Å². The fraction of sp³-hybridized carbons (Fsp3) is 0.409. The van der Waals surface area contributed by atoms with Gasteiger partial charge in [0.05, 0.1) is 24.9 Å². The molecule has 1 N–H and O–H groups in total. The van der Waals surface area contributed by atoms with Gasteiger partial charge in [-0.1, -0.05) is 59.6 Å². The number of amides is 1. The number of benzene rings is 2. The first kappa shape index (κ1) is 24.0. The van der Waals surface area contributed by atoms with Crippen molar-refractivity contribution in [1.82, 2.24) is 9.62 Å². The summed E-state index contributed by atoms with van der Waals surface area (Å²) in [6.07, 6.45) is 1.29. The Morgan fingerprint density at radius 3 is 2.68 bits per heavy atom. The van der Waals surface area contributed by atoms with Crippen LogP contribution in [0.1, 0.15) is 24.0 Å². The maximum Gasteiger partial charge on any atom is 0.224 e. The lowest BCUT2D eigenvalue weighted by Crippen LogP contribution is -2.46. The lowest BCUT2D eigenvalue weighted by molar-refractivity contribution is -0.126. The van der Waals surface area contributed by atoms with Crippen LogP contribution in [0.2, 0.25) is 10.0 Å². The van der Waals surface area contributed by atoms with Gasteiger partial charge in [-0.05, 0) is 36.1 Å². The van der Waals surface area contributed by atoms with Crippen molar-refractivity contribution in [3.63, 3.8) is 0 Å². The number of hydrogen-bond donors (Lipinski definition) is 1. The number of sulfonamides is 1. The molecular weight excluding hydrogens is 459 g/mol. The second-order valence-corrected chi connectivity index (χ2v) is 10.3. The molecule has 0 spiro atoms. The third kappa shape index (κ3) is 7.19. The monoisotopic (exact) mass is 484 g/mol. The van der Waals surface area contributed by atoms with E-state index < -0.39 is 10.0 Å². The van der Waals surface area contributed by atoms with E-state index in [-0.39, 0.29) is 24.1 Å². The molecule has 6 nitrogen and oxygen atoms in total. The Balaban J connectivity index is 1.46. The summed E-state index contributed by atoms with van der Waals surface area (Å²) in [7, 11) is -3.60. The van der Waals surface area contributed by atoms with E-state index in [4.69, 9.17) is 27.9 Å². The van der Waals surface area contributed by atoms with E-state index in [1.165, 1.54) is 10.4 Å². The van der Waals surface area contributed by atoms with Crippen molar-refractivity contribution in [3.05, 3.63) is 69.7 Å². The lowest BCUT2D eigenvalue weighted by Gasteiger charge is -2.31. The van der Waals surface area contributed by atoms with Gasteiger partial charge in [-0.3, -0.25) is 4.79 Å². The van der Waals surface area contributed by atoms with Gasteiger partial charge in [0.1, 0.15) is 0 Å². The van der Waals surface area contributed by atoms with Gasteiger partial charge in [0, 0.05) is 29.7 Å². The fourth-order valence-electron chi connectivity index (χ4n) is 3.49. The molecule has 1 aliphatic heterocycles. The fourth-order valence-corrected chi connectivity index (χ4v) is 5.69. The van der Waals surface area contributed by atoms with Crippen LogP contribution in [0.15, 0.2) is 48.5 Å². The third-order valence-corrected chi connectivity index (χ3v) is 7.54. The first-order valence-corrected chi connectivity index (χ1v) is 12.5. The predicted molar refractivity (Wildman–Crippen MR) is 122 cm³/mol. The highest BCUT2D eigenvalue weighted by molar-refractivity contribution is 7.88. The van der Waals surface area contributed by atoms with Crippen LogP contribution in [0.25, 0.3) is 0 Å². The van der Waals surface area contributed by atoms with Gasteiger partial charge in [-0.25, -0.2) is 12.7 Å². The number of halogens is 2. The molecule has 0 aliphatic carbocycles. The Kier molecular flexibility index (Phi) is 8.75. The predicted octanol–water partition coefficient (Wildman–Crippen LogP) is 3.87. The summed E-state index contributed by atoms with van der Waals surface area (Å²) in [5.41, 5.74) is 1.57. The standard InChI is InChI=1S/C22H26Cl2N2O4S/c23-20-9-8-19(21(24)13-20)16-31(28,29)26-11-4-7-18(14-26)22(27)25-10-12-30-15-17-5-2-1-3-6-17/h1-3,5-6,8-9,13,18H,4,7,10-12,14-16H2,(H,25,27)/t18-/m0/s1. The zero-order chi connectivity index (χ0) is 22.3. The van der Waals surface area contributed by atoms with Crippen molar-refractivity contribution in [2.24, 2.45) is 5.92 Å². The minimum Gasteiger partial charge on any atom is -0.375 e. The van der Waals surface area contributed by atoms with E-state index in [0.717, 1.165) is 5.56 Å². The van der Waals surface area contributed by atoms with Crippen molar-refractivity contribution in [2.45, 2.75) is 25.2 Å². The second kappa shape index (κ2) is 11.3.